The van der Waals surface area contributed by atoms with Crippen molar-refractivity contribution in [1.82, 2.24) is 9.55 Å². The normalized spacial score (nSPS) is 15.0. The molecule has 1 heterocycles. The number of nitrogens with zero attached hydrogens (tertiary/aromatic N) is 3. The van der Waals surface area contributed by atoms with Crippen molar-refractivity contribution in [2.24, 2.45) is 17.9 Å². The maximum Gasteiger partial charge on any atom is 0.212 e. The van der Waals surface area contributed by atoms with Gasteiger partial charge in [-0.2, -0.15) is 0 Å². The highest BCUT2D eigenvalue weighted by Gasteiger charge is 2.32. The molecule has 0 saturated heterocycles. The number of benzene rings is 1. The molecule has 0 fully saturated rings. The molecule has 1 aromatic carbocycles. The van der Waals surface area contributed by atoms with Crippen molar-refractivity contribution in [1.29, 1.82) is 0 Å². The molecule has 6 heteroatoms. The van der Waals surface area contributed by atoms with Gasteiger partial charge in [0.05, 0.1) is 6.33 Å². The van der Waals surface area contributed by atoms with Crippen LogP contribution in [0.5, 0.6) is 0 Å². The van der Waals surface area contributed by atoms with Gasteiger partial charge in [0, 0.05) is 18.2 Å². The molecule has 0 saturated carbocycles. The van der Waals surface area contributed by atoms with Crippen molar-refractivity contribution >= 4 is 11.5 Å². The molecule has 1 aromatic heterocycles. The predicted molar refractivity (Wildman–Crippen MR) is 78.3 cm³/mol. The highest BCUT2D eigenvalue weighted by molar-refractivity contribution is 6.28. The number of aromatic nitrogens is 2. The Kier molecular flexibility index (Phi) is 3.53. The molecule has 0 atom stereocenters. The first-order chi connectivity index (χ1) is 10.2. The summed E-state index contributed by atoms with van der Waals surface area (Å²) in [5.41, 5.74) is 8.50. The van der Waals surface area contributed by atoms with E-state index in [0.29, 0.717) is 35.8 Å². The third kappa shape index (κ3) is 2.23. The van der Waals surface area contributed by atoms with Crippen LogP contribution in [-0.2, 0) is 11.9 Å². The standard InChI is InChI=1S/C15H16N4O2/c1-19-9-17-13-12(18-21-8-4-7-16)10-5-2-3-6-11(10)15(20)14(13)19/h2-3,5-6,9H,4,7-8,16H2,1H3/b18-12+. The average molecular weight is 284 g/mol. The molecule has 1 aliphatic carbocycles. The van der Waals surface area contributed by atoms with E-state index in [1.165, 1.54) is 0 Å². The third-order valence-electron chi connectivity index (χ3n) is 3.40. The maximum atomic E-state index is 12.5. The molecule has 2 aromatic rings. The highest BCUT2D eigenvalue weighted by atomic mass is 16.6. The summed E-state index contributed by atoms with van der Waals surface area (Å²) in [5, 5.41) is 4.18. The van der Waals surface area contributed by atoms with Gasteiger partial charge >= 0.3 is 0 Å². The highest BCUT2D eigenvalue weighted by Crippen LogP contribution is 2.26. The lowest BCUT2D eigenvalue weighted by Crippen LogP contribution is -2.23. The Bertz CT molecular complexity index is 718. The van der Waals surface area contributed by atoms with Gasteiger partial charge < -0.3 is 15.1 Å². The predicted octanol–water partition coefficient (Wildman–Crippen LogP) is 1.08. The van der Waals surface area contributed by atoms with E-state index in [4.69, 9.17) is 10.6 Å². The summed E-state index contributed by atoms with van der Waals surface area (Å²) in [6, 6.07) is 7.36. The monoisotopic (exact) mass is 284 g/mol. The molecule has 6 nitrogen and oxygen atoms in total. The Labute approximate surface area is 122 Å². The smallest absolute Gasteiger partial charge is 0.212 e. The van der Waals surface area contributed by atoms with Crippen molar-refractivity contribution < 1.29 is 9.63 Å². The van der Waals surface area contributed by atoms with Crippen LogP contribution >= 0.6 is 0 Å². The van der Waals surface area contributed by atoms with Gasteiger partial charge in [-0.05, 0) is 13.0 Å². The Balaban J connectivity index is 2.08. The summed E-state index contributed by atoms with van der Waals surface area (Å²) in [7, 11) is 1.80. The second-order valence-corrected chi connectivity index (χ2v) is 4.84. The second-order valence-electron chi connectivity index (χ2n) is 4.84. The minimum absolute atomic E-state index is 0.0403. The average Bonchev–Trinajstić information content (AvgIpc) is 2.89. The summed E-state index contributed by atoms with van der Waals surface area (Å²) in [4.78, 5) is 22.2. The molecule has 0 spiro atoms. The van der Waals surface area contributed by atoms with Crippen LogP contribution in [0.3, 0.4) is 0 Å². The Morgan fingerprint density at radius 3 is 2.86 bits per heavy atom. The number of hydrogen-bond donors (Lipinski definition) is 1. The zero-order valence-corrected chi connectivity index (χ0v) is 11.7. The zero-order chi connectivity index (χ0) is 14.8. The molecule has 0 aliphatic heterocycles. The summed E-state index contributed by atoms with van der Waals surface area (Å²) >= 11 is 0. The van der Waals surface area contributed by atoms with Gasteiger partial charge in [0.25, 0.3) is 0 Å². The van der Waals surface area contributed by atoms with Crippen molar-refractivity contribution in [3.05, 3.63) is 53.1 Å². The number of hydrogen-bond acceptors (Lipinski definition) is 5. The fourth-order valence-electron chi connectivity index (χ4n) is 2.36. The molecule has 3 rings (SSSR count). The van der Waals surface area contributed by atoms with Gasteiger partial charge in [-0.25, -0.2) is 4.98 Å². The SMILES string of the molecule is Cn1cnc2c1C(=O)c1ccccc1/C2=N\OCCCN. The number of nitrogens with two attached hydrogens (primary N) is 1. The Morgan fingerprint density at radius 1 is 1.33 bits per heavy atom. The van der Waals surface area contributed by atoms with Crippen LogP contribution in [0, 0.1) is 0 Å². The number of ketones is 1. The third-order valence-corrected chi connectivity index (χ3v) is 3.40. The Morgan fingerprint density at radius 2 is 2.10 bits per heavy atom. The largest absolute Gasteiger partial charge is 0.395 e. The van der Waals surface area contributed by atoms with Gasteiger partial charge in [0.1, 0.15) is 23.7 Å². The summed E-state index contributed by atoms with van der Waals surface area (Å²) < 4.78 is 1.71. The van der Waals surface area contributed by atoms with Crippen LogP contribution in [0.25, 0.3) is 0 Å². The lowest BCUT2D eigenvalue weighted by molar-refractivity contribution is 0.102. The van der Waals surface area contributed by atoms with Crippen molar-refractivity contribution in [3.8, 4) is 0 Å². The van der Waals surface area contributed by atoms with Gasteiger partial charge in [-0.15, -0.1) is 0 Å². The van der Waals surface area contributed by atoms with Gasteiger partial charge in [-0.1, -0.05) is 29.4 Å². The molecular weight excluding hydrogens is 268 g/mol. The van der Waals surface area contributed by atoms with Crippen molar-refractivity contribution in [3.63, 3.8) is 0 Å². The zero-order valence-electron chi connectivity index (χ0n) is 11.7. The number of oxime groups is 1. The summed E-state index contributed by atoms with van der Waals surface area (Å²) in [6.07, 6.45) is 2.34. The lowest BCUT2D eigenvalue weighted by Gasteiger charge is -2.17. The van der Waals surface area contributed by atoms with Crippen LogP contribution in [0.4, 0.5) is 0 Å². The molecule has 0 amide bonds. The van der Waals surface area contributed by atoms with Crippen LogP contribution in [-0.4, -0.2) is 34.2 Å². The second kappa shape index (κ2) is 5.49. The number of carbonyl (C=O) groups is 1. The van der Waals surface area contributed by atoms with Crippen molar-refractivity contribution in [2.75, 3.05) is 13.2 Å². The topological polar surface area (TPSA) is 82.5 Å². The molecule has 108 valence electrons. The van der Waals surface area contributed by atoms with Gasteiger partial charge in [-0.3, -0.25) is 4.79 Å². The van der Waals surface area contributed by atoms with E-state index in [-0.39, 0.29) is 5.78 Å². The number of fused-ring (bicyclic) bond motifs is 2. The van der Waals surface area contributed by atoms with Crippen LogP contribution < -0.4 is 5.73 Å². The van der Waals surface area contributed by atoms with E-state index in [2.05, 4.69) is 10.1 Å². The van der Waals surface area contributed by atoms with Gasteiger partial charge in [0.2, 0.25) is 5.78 Å². The molecule has 21 heavy (non-hydrogen) atoms. The van der Waals surface area contributed by atoms with E-state index in [0.717, 1.165) is 12.0 Å². The molecule has 0 bridgehead atoms. The van der Waals surface area contributed by atoms with E-state index < -0.39 is 0 Å². The van der Waals surface area contributed by atoms with Crippen LogP contribution in [0.2, 0.25) is 0 Å². The minimum Gasteiger partial charge on any atom is -0.395 e. The van der Waals surface area contributed by atoms with Gasteiger partial charge in [0.15, 0.2) is 0 Å². The quantitative estimate of drug-likeness (QED) is 0.574. The van der Waals surface area contributed by atoms with E-state index in [1.807, 2.05) is 18.2 Å². The lowest BCUT2D eigenvalue weighted by atomic mass is 9.89. The number of imidazole rings is 1. The van der Waals surface area contributed by atoms with E-state index >= 15 is 0 Å². The molecular formula is C15H16N4O2. The van der Waals surface area contributed by atoms with Crippen LogP contribution in [0.15, 0.2) is 35.7 Å². The molecule has 0 radical (unpaired) electrons. The maximum absolute atomic E-state index is 12.5. The first-order valence-electron chi connectivity index (χ1n) is 6.80. The number of carbonyl (C=O) groups excluding carboxylic acids is 1. The number of aryl methyl sites for hydroxylation is 1. The molecule has 2 N–H and O–H groups in total. The summed E-state index contributed by atoms with van der Waals surface area (Å²) in [6.45, 7) is 0.993. The number of rotatable bonds is 4. The fraction of sp³-hybridized carbons (Fsp3) is 0.267. The van der Waals surface area contributed by atoms with Crippen LogP contribution in [0.1, 0.15) is 33.7 Å². The summed E-state index contributed by atoms with van der Waals surface area (Å²) in [5.74, 6) is -0.0403. The van der Waals surface area contributed by atoms with Crippen molar-refractivity contribution in [2.45, 2.75) is 6.42 Å². The first-order valence-corrected chi connectivity index (χ1v) is 6.80. The minimum atomic E-state index is -0.0403. The Hall–Kier alpha value is -2.47. The fourth-order valence-corrected chi connectivity index (χ4v) is 2.36. The van der Waals surface area contributed by atoms with E-state index in [9.17, 15) is 4.79 Å². The molecule has 1 aliphatic rings. The molecule has 0 unspecified atom stereocenters. The first kappa shape index (κ1) is 13.5. The van der Waals surface area contributed by atoms with E-state index in [1.54, 1.807) is 24.0 Å².